The molecule has 0 aliphatic rings. The van der Waals surface area contributed by atoms with Crippen LogP contribution < -0.4 is 16.4 Å². The van der Waals surface area contributed by atoms with Crippen molar-refractivity contribution in [1.82, 2.24) is 15.5 Å². The molecular weight excluding hydrogens is 448 g/mol. The molecule has 0 aromatic heterocycles. The number of alkyl carbamates (subject to hydrolysis) is 1. The second-order valence-corrected chi connectivity index (χ2v) is 11.0. The lowest BCUT2D eigenvalue weighted by molar-refractivity contribution is -0.145. The number of amides is 4. The van der Waals surface area contributed by atoms with Crippen LogP contribution in [0.1, 0.15) is 85.4 Å². The number of nitrogens with one attached hydrogen (secondary N) is 2. The highest BCUT2D eigenvalue weighted by Gasteiger charge is 2.39. The van der Waals surface area contributed by atoms with E-state index in [1.165, 1.54) is 4.90 Å². The van der Waals surface area contributed by atoms with Gasteiger partial charge in [-0.05, 0) is 79.9 Å². The molecule has 2 atom stereocenters. The van der Waals surface area contributed by atoms with E-state index in [1.54, 1.807) is 34.6 Å². The molecule has 0 spiro atoms. The van der Waals surface area contributed by atoms with E-state index in [0.29, 0.717) is 5.56 Å². The van der Waals surface area contributed by atoms with Gasteiger partial charge in [0.15, 0.2) is 0 Å². The molecule has 0 radical (unpaired) electrons. The largest absolute Gasteiger partial charge is 0.444 e. The maximum atomic E-state index is 13.9. The molecule has 0 saturated carbocycles. The first kappa shape index (κ1) is 29.9. The molecule has 196 valence electrons. The Labute approximate surface area is 209 Å². The minimum absolute atomic E-state index is 0.0298. The van der Waals surface area contributed by atoms with Crippen LogP contribution in [0.15, 0.2) is 24.3 Å². The number of hydrogen-bond donors (Lipinski definition) is 3. The second kappa shape index (κ2) is 12.0. The highest BCUT2D eigenvalue weighted by Crippen LogP contribution is 2.28. The van der Waals surface area contributed by atoms with Crippen LogP contribution in [-0.4, -0.2) is 51.9 Å². The average Bonchev–Trinajstić information content (AvgIpc) is 2.66. The van der Waals surface area contributed by atoms with Crippen LogP contribution in [0.2, 0.25) is 0 Å². The van der Waals surface area contributed by atoms with Crippen LogP contribution >= 0.6 is 0 Å². The molecule has 0 fully saturated rings. The van der Waals surface area contributed by atoms with Gasteiger partial charge in [0.2, 0.25) is 17.7 Å². The molecule has 0 aliphatic heterocycles. The molecule has 4 N–H and O–H groups in total. The first-order valence-corrected chi connectivity index (χ1v) is 11.9. The van der Waals surface area contributed by atoms with E-state index in [-0.39, 0.29) is 18.7 Å². The van der Waals surface area contributed by atoms with Crippen molar-refractivity contribution in [1.29, 1.82) is 0 Å². The summed E-state index contributed by atoms with van der Waals surface area (Å²) in [6, 6.07) is 4.87. The van der Waals surface area contributed by atoms with Crippen LogP contribution in [0.5, 0.6) is 0 Å². The third kappa shape index (κ3) is 9.96. The van der Waals surface area contributed by atoms with E-state index in [4.69, 9.17) is 10.5 Å². The Hall–Kier alpha value is -3.10. The fourth-order valence-electron chi connectivity index (χ4n) is 3.60. The fraction of sp³-hybridized carbons (Fsp3) is 0.615. The molecular formula is C26H42N4O5. The monoisotopic (exact) mass is 490 g/mol. The molecule has 0 aliphatic carbocycles. The second-order valence-electron chi connectivity index (χ2n) is 11.0. The lowest BCUT2D eigenvalue weighted by Gasteiger charge is -2.38. The predicted octanol–water partition coefficient (Wildman–Crippen LogP) is 3.35. The number of aryl methyl sites for hydroxylation is 1. The van der Waals surface area contributed by atoms with Gasteiger partial charge in [-0.2, -0.15) is 0 Å². The van der Waals surface area contributed by atoms with Crippen LogP contribution in [0.4, 0.5) is 4.79 Å². The maximum absolute atomic E-state index is 13.9. The number of nitrogens with zero attached hydrogens (tertiary/aromatic N) is 1. The normalized spacial score (nSPS) is 13.5. The smallest absolute Gasteiger partial charge is 0.408 e. The van der Waals surface area contributed by atoms with Gasteiger partial charge in [0.1, 0.15) is 17.7 Å². The third-order valence-corrected chi connectivity index (χ3v) is 4.99. The summed E-state index contributed by atoms with van der Waals surface area (Å²) in [5.74, 6) is -1.46. The van der Waals surface area contributed by atoms with Gasteiger partial charge in [0, 0.05) is 18.0 Å². The molecule has 1 aromatic carbocycles. The molecule has 0 saturated heterocycles. The molecule has 4 amide bonds. The number of nitrogens with two attached hydrogens (primary N) is 1. The van der Waals surface area contributed by atoms with E-state index in [9.17, 15) is 19.2 Å². The van der Waals surface area contributed by atoms with E-state index in [1.807, 2.05) is 52.0 Å². The summed E-state index contributed by atoms with van der Waals surface area (Å²) in [7, 11) is 0. The first-order valence-electron chi connectivity index (χ1n) is 11.9. The number of ether oxygens (including phenoxy) is 1. The zero-order valence-electron chi connectivity index (χ0n) is 22.5. The third-order valence-electron chi connectivity index (χ3n) is 4.99. The summed E-state index contributed by atoms with van der Waals surface area (Å²) >= 11 is 0. The van der Waals surface area contributed by atoms with Crippen molar-refractivity contribution in [2.75, 3.05) is 0 Å². The van der Waals surface area contributed by atoms with Crippen molar-refractivity contribution >= 4 is 23.8 Å². The average molecular weight is 491 g/mol. The van der Waals surface area contributed by atoms with Crippen molar-refractivity contribution in [3.63, 3.8) is 0 Å². The van der Waals surface area contributed by atoms with E-state index >= 15 is 0 Å². The van der Waals surface area contributed by atoms with Gasteiger partial charge in [-0.1, -0.05) is 24.3 Å². The topological polar surface area (TPSA) is 131 Å². The van der Waals surface area contributed by atoms with Gasteiger partial charge in [0.25, 0.3) is 0 Å². The highest BCUT2D eigenvalue weighted by molar-refractivity contribution is 5.93. The standard InChI is InChI=1S/C26H42N4O5/c1-16(2)30(21(22(32)29-25(4,5)6)18-13-11-10-12-17(18)3)23(33)19(14-15-20(27)31)28-24(34)35-26(7,8)9/h10-13,16,19,21H,14-15H2,1-9H3,(H2,27,31)(H,28,34)(H,29,32). The zero-order valence-corrected chi connectivity index (χ0v) is 22.5. The minimum atomic E-state index is -1.12. The van der Waals surface area contributed by atoms with Gasteiger partial charge in [0.05, 0.1) is 0 Å². The maximum Gasteiger partial charge on any atom is 0.408 e. The lowest BCUT2D eigenvalue weighted by atomic mass is 9.95. The SMILES string of the molecule is Cc1ccccc1C(C(=O)NC(C)(C)C)N(C(=O)C(CCC(N)=O)NC(=O)OC(C)(C)C)C(C)C. The Balaban J connectivity index is 3.52. The quantitative estimate of drug-likeness (QED) is 0.489. The van der Waals surface area contributed by atoms with E-state index < -0.39 is 47.2 Å². The number of primary amides is 1. The minimum Gasteiger partial charge on any atom is -0.444 e. The van der Waals surface area contributed by atoms with Crippen LogP contribution in [0.3, 0.4) is 0 Å². The Morgan fingerprint density at radius 1 is 1.03 bits per heavy atom. The molecule has 9 heteroatoms. The summed E-state index contributed by atoms with van der Waals surface area (Å²) in [5, 5.41) is 5.56. The number of carbonyl (C=O) groups is 4. The molecule has 1 rings (SSSR count). The Bertz CT molecular complexity index is 915. The van der Waals surface area contributed by atoms with Gasteiger partial charge in [-0.3, -0.25) is 14.4 Å². The molecule has 0 heterocycles. The summed E-state index contributed by atoms with van der Waals surface area (Å²) in [6.07, 6.45) is -0.949. The predicted molar refractivity (Wildman–Crippen MR) is 135 cm³/mol. The summed E-state index contributed by atoms with van der Waals surface area (Å²) < 4.78 is 5.33. The van der Waals surface area contributed by atoms with Gasteiger partial charge >= 0.3 is 6.09 Å². The van der Waals surface area contributed by atoms with Crippen LogP contribution in [-0.2, 0) is 19.1 Å². The number of hydrogen-bond acceptors (Lipinski definition) is 5. The van der Waals surface area contributed by atoms with Crippen molar-refractivity contribution in [3.8, 4) is 0 Å². The first-order chi connectivity index (χ1) is 15.9. The molecule has 0 bridgehead atoms. The van der Waals surface area contributed by atoms with E-state index in [0.717, 1.165) is 5.56 Å². The summed E-state index contributed by atoms with van der Waals surface area (Å²) in [4.78, 5) is 53.0. The van der Waals surface area contributed by atoms with Gasteiger partial charge in [-0.25, -0.2) is 4.79 Å². The van der Waals surface area contributed by atoms with Crippen molar-refractivity contribution in [2.45, 2.75) is 104 Å². The van der Waals surface area contributed by atoms with Crippen LogP contribution in [0.25, 0.3) is 0 Å². The molecule has 2 unspecified atom stereocenters. The van der Waals surface area contributed by atoms with Crippen molar-refractivity contribution in [2.24, 2.45) is 5.73 Å². The summed E-state index contributed by atoms with van der Waals surface area (Å²) in [5.41, 5.74) is 5.52. The Morgan fingerprint density at radius 2 is 1.60 bits per heavy atom. The fourth-order valence-corrected chi connectivity index (χ4v) is 3.60. The van der Waals surface area contributed by atoms with Gasteiger partial charge < -0.3 is 26.0 Å². The zero-order chi connectivity index (χ0) is 27.1. The van der Waals surface area contributed by atoms with Crippen molar-refractivity contribution < 1.29 is 23.9 Å². The number of benzene rings is 1. The summed E-state index contributed by atoms with van der Waals surface area (Å²) in [6.45, 7) is 16.2. The number of carbonyl (C=O) groups excluding carboxylic acids is 4. The number of rotatable bonds is 9. The van der Waals surface area contributed by atoms with Gasteiger partial charge in [-0.15, -0.1) is 0 Å². The Morgan fingerprint density at radius 3 is 2.06 bits per heavy atom. The molecule has 1 aromatic rings. The Kier molecular flexibility index (Phi) is 10.3. The van der Waals surface area contributed by atoms with E-state index in [2.05, 4.69) is 10.6 Å². The highest BCUT2D eigenvalue weighted by atomic mass is 16.6. The molecule has 9 nitrogen and oxygen atoms in total. The van der Waals surface area contributed by atoms with Crippen LogP contribution in [0, 0.1) is 6.92 Å². The van der Waals surface area contributed by atoms with Crippen molar-refractivity contribution in [3.05, 3.63) is 35.4 Å². The lowest BCUT2D eigenvalue weighted by Crippen LogP contribution is -2.56. The molecule has 35 heavy (non-hydrogen) atoms.